The fourth-order valence-corrected chi connectivity index (χ4v) is 4.65. The van der Waals surface area contributed by atoms with E-state index in [9.17, 15) is 0 Å². The van der Waals surface area contributed by atoms with Crippen molar-refractivity contribution >= 4 is 7.41 Å². The van der Waals surface area contributed by atoms with Crippen molar-refractivity contribution in [3.8, 4) is 0 Å². The Morgan fingerprint density at radius 2 is 2.50 bits per heavy atom. The van der Waals surface area contributed by atoms with Crippen LogP contribution in [-0.2, 0) is 0 Å². The third-order valence-electron chi connectivity index (χ3n) is 2.96. The second-order valence-corrected chi connectivity index (χ2v) is 8.34. The number of hydrogen-bond donors (Lipinski definition) is 1. The summed E-state index contributed by atoms with van der Waals surface area (Å²) in [6, 6.07) is 0. The SMILES string of the molecule is CN[PH]1(C)CC=C2CC2C1. The zero-order chi connectivity index (χ0) is 7.19. The first-order valence-corrected chi connectivity index (χ1v) is 7.03. The topological polar surface area (TPSA) is 12.0 Å². The van der Waals surface area contributed by atoms with E-state index < -0.39 is 7.41 Å². The van der Waals surface area contributed by atoms with Crippen molar-refractivity contribution in [1.29, 1.82) is 0 Å². The fraction of sp³-hybridized carbons (Fsp3) is 0.750. The van der Waals surface area contributed by atoms with Gasteiger partial charge in [0.1, 0.15) is 0 Å². The molecule has 1 N–H and O–H groups in total. The van der Waals surface area contributed by atoms with Gasteiger partial charge in [-0.05, 0) is 0 Å². The molecule has 2 aliphatic rings. The van der Waals surface area contributed by atoms with Crippen LogP contribution in [0, 0.1) is 5.92 Å². The van der Waals surface area contributed by atoms with Crippen LogP contribution in [0.4, 0.5) is 0 Å². The van der Waals surface area contributed by atoms with Crippen molar-refractivity contribution < 1.29 is 0 Å². The van der Waals surface area contributed by atoms with Gasteiger partial charge in [0.15, 0.2) is 0 Å². The molecule has 2 rings (SSSR count). The molecule has 1 unspecified atom stereocenters. The van der Waals surface area contributed by atoms with E-state index in [4.69, 9.17) is 0 Å². The van der Waals surface area contributed by atoms with Gasteiger partial charge in [0.25, 0.3) is 0 Å². The molecule has 0 aromatic heterocycles. The number of nitrogens with one attached hydrogen (secondary N) is 1. The van der Waals surface area contributed by atoms with Gasteiger partial charge in [0.2, 0.25) is 0 Å². The maximum atomic E-state index is 3.53. The first-order valence-electron chi connectivity index (χ1n) is 4.11. The normalized spacial score (nSPS) is 37.8. The summed E-state index contributed by atoms with van der Waals surface area (Å²) >= 11 is 0. The standard InChI is InChI=1S/C8H16NP/c1-9-10(2)4-3-7-5-8(7)6-10/h3,8-10H,4-6H2,1-2H3. The van der Waals surface area contributed by atoms with Gasteiger partial charge < -0.3 is 0 Å². The summed E-state index contributed by atoms with van der Waals surface area (Å²) in [5.41, 5.74) is 1.75. The number of hydrogen-bond acceptors (Lipinski definition) is 1. The van der Waals surface area contributed by atoms with Crippen LogP contribution < -0.4 is 5.09 Å². The molecule has 0 aromatic rings. The first-order chi connectivity index (χ1) is 4.73. The van der Waals surface area contributed by atoms with Crippen LogP contribution in [0.15, 0.2) is 11.6 Å². The van der Waals surface area contributed by atoms with E-state index in [1.807, 2.05) is 0 Å². The van der Waals surface area contributed by atoms with Gasteiger partial charge in [0.05, 0.1) is 0 Å². The minimum absolute atomic E-state index is 0.958. The second kappa shape index (κ2) is 2.06. The van der Waals surface area contributed by atoms with E-state index in [0.29, 0.717) is 0 Å². The van der Waals surface area contributed by atoms with Crippen molar-refractivity contribution in [3.63, 3.8) is 0 Å². The molecule has 0 amide bonds. The summed E-state index contributed by atoms with van der Waals surface area (Å²) in [4.78, 5) is 0. The Bertz CT molecular complexity index is 188. The molecule has 1 heterocycles. The summed E-state index contributed by atoms with van der Waals surface area (Å²) in [6.07, 6.45) is 6.77. The van der Waals surface area contributed by atoms with E-state index in [1.165, 1.54) is 18.7 Å². The summed E-state index contributed by atoms with van der Waals surface area (Å²) in [5, 5.41) is 3.53. The van der Waals surface area contributed by atoms with Crippen LogP contribution in [0.3, 0.4) is 0 Å². The number of allylic oxidation sites excluding steroid dienone is 2. The molecule has 1 saturated carbocycles. The van der Waals surface area contributed by atoms with Crippen LogP contribution in [0.25, 0.3) is 0 Å². The van der Waals surface area contributed by atoms with Gasteiger partial charge in [-0.15, -0.1) is 0 Å². The molecule has 1 fully saturated rings. The zero-order valence-corrected chi connectivity index (χ0v) is 7.78. The molecule has 0 radical (unpaired) electrons. The molecular weight excluding hydrogens is 141 g/mol. The van der Waals surface area contributed by atoms with Gasteiger partial charge in [-0.25, -0.2) is 0 Å². The third-order valence-corrected chi connectivity index (χ3v) is 6.67. The third kappa shape index (κ3) is 1.02. The molecule has 2 heteroatoms. The van der Waals surface area contributed by atoms with Crippen LogP contribution in [-0.4, -0.2) is 26.0 Å². The van der Waals surface area contributed by atoms with Gasteiger partial charge in [0, 0.05) is 0 Å². The molecule has 1 nitrogen and oxygen atoms in total. The van der Waals surface area contributed by atoms with Gasteiger partial charge in [-0.3, -0.25) is 0 Å². The molecule has 0 aromatic carbocycles. The summed E-state index contributed by atoms with van der Waals surface area (Å²) in [7, 11) is 1.17. The van der Waals surface area contributed by atoms with Crippen molar-refractivity contribution in [2.75, 3.05) is 26.0 Å². The van der Waals surface area contributed by atoms with E-state index >= 15 is 0 Å². The zero-order valence-electron chi connectivity index (χ0n) is 6.78. The predicted molar refractivity (Wildman–Crippen MR) is 49.2 cm³/mol. The van der Waals surface area contributed by atoms with Crippen molar-refractivity contribution in [2.45, 2.75) is 6.42 Å². The van der Waals surface area contributed by atoms with Gasteiger partial charge in [-0.1, -0.05) is 0 Å². The Morgan fingerprint density at radius 3 is 3.10 bits per heavy atom. The summed E-state index contributed by atoms with van der Waals surface area (Å²) in [5.74, 6) is 1.01. The van der Waals surface area contributed by atoms with E-state index in [0.717, 1.165) is 5.92 Å². The Balaban J connectivity index is 2.10. The second-order valence-electron chi connectivity index (χ2n) is 3.90. The molecular formula is C8H16NP. The average molecular weight is 157 g/mol. The fourth-order valence-electron chi connectivity index (χ4n) is 1.87. The number of rotatable bonds is 1. The molecule has 1 aliphatic carbocycles. The predicted octanol–water partition coefficient (Wildman–Crippen LogP) is 1.46. The van der Waals surface area contributed by atoms with Gasteiger partial charge in [-0.2, -0.15) is 0 Å². The Kier molecular flexibility index (Phi) is 1.40. The van der Waals surface area contributed by atoms with Crippen LogP contribution in [0.2, 0.25) is 0 Å². The average Bonchev–Trinajstić information content (AvgIpc) is 2.66. The molecule has 58 valence electrons. The van der Waals surface area contributed by atoms with Crippen LogP contribution in [0.1, 0.15) is 6.42 Å². The van der Waals surface area contributed by atoms with E-state index in [-0.39, 0.29) is 0 Å². The Labute approximate surface area is 63.3 Å². The monoisotopic (exact) mass is 157 g/mol. The van der Waals surface area contributed by atoms with E-state index in [1.54, 1.807) is 5.57 Å². The molecule has 0 spiro atoms. The molecule has 0 bridgehead atoms. The maximum absolute atomic E-state index is 3.53. The molecule has 0 saturated heterocycles. The minimum atomic E-state index is -0.958. The van der Waals surface area contributed by atoms with Gasteiger partial charge >= 0.3 is 62.5 Å². The molecule has 1 atom stereocenters. The van der Waals surface area contributed by atoms with Crippen molar-refractivity contribution in [2.24, 2.45) is 5.92 Å². The molecule has 1 aliphatic heterocycles. The first kappa shape index (κ1) is 6.82. The van der Waals surface area contributed by atoms with Crippen molar-refractivity contribution in [1.82, 2.24) is 5.09 Å². The number of fused-ring (bicyclic) bond motifs is 1. The Hall–Kier alpha value is 0.130. The van der Waals surface area contributed by atoms with Crippen LogP contribution >= 0.6 is 7.41 Å². The van der Waals surface area contributed by atoms with E-state index in [2.05, 4.69) is 24.9 Å². The summed E-state index contributed by atoms with van der Waals surface area (Å²) < 4.78 is 0. The quantitative estimate of drug-likeness (QED) is 0.449. The summed E-state index contributed by atoms with van der Waals surface area (Å²) in [6.45, 7) is 2.46. The van der Waals surface area contributed by atoms with Crippen LogP contribution in [0.5, 0.6) is 0 Å². The molecule has 10 heavy (non-hydrogen) atoms. The van der Waals surface area contributed by atoms with Crippen molar-refractivity contribution in [3.05, 3.63) is 11.6 Å². The Morgan fingerprint density at radius 1 is 1.70 bits per heavy atom.